The molecule has 0 amide bonds. The number of aromatic nitrogens is 1. The number of hydrogen-bond donors (Lipinski definition) is 0. The second-order valence-electron chi connectivity index (χ2n) is 4.90. The number of piperidine rings is 1. The van der Waals surface area contributed by atoms with Crippen LogP contribution in [0.1, 0.15) is 18.5 Å². The van der Waals surface area contributed by atoms with Crippen molar-refractivity contribution in [3.63, 3.8) is 0 Å². The van der Waals surface area contributed by atoms with Crippen LogP contribution in [0.15, 0.2) is 18.3 Å². The number of methoxy groups -OCH3 is 1. The molecule has 0 N–H and O–H groups in total. The third kappa shape index (κ3) is 2.93. The molecule has 1 fully saturated rings. The van der Waals surface area contributed by atoms with Gasteiger partial charge in [0.2, 0.25) is 0 Å². The first kappa shape index (κ1) is 15.2. The zero-order valence-electron chi connectivity index (χ0n) is 11.1. The first-order valence-corrected chi connectivity index (χ1v) is 6.31. The Labute approximate surface area is 114 Å². The fraction of sp³-hybridized carbons (Fsp3) is 0.615. The van der Waals surface area contributed by atoms with Crippen LogP contribution in [0.5, 0.6) is 0 Å². The van der Waals surface area contributed by atoms with Crippen LogP contribution in [0.25, 0.3) is 0 Å². The Morgan fingerprint density at radius 1 is 1.35 bits per heavy atom. The van der Waals surface area contributed by atoms with Crippen LogP contribution in [-0.4, -0.2) is 41.9 Å². The molecular formula is C13H16F4N2O. The van der Waals surface area contributed by atoms with Crippen molar-refractivity contribution in [2.24, 2.45) is 0 Å². The molecule has 0 saturated carbocycles. The highest BCUT2D eigenvalue weighted by Crippen LogP contribution is 2.41. The molecule has 2 rings (SSSR count). The monoisotopic (exact) mass is 292 g/mol. The Hall–Kier alpha value is -1.21. The zero-order chi connectivity index (χ0) is 14.8. The van der Waals surface area contributed by atoms with Gasteiger partial charge in [0, 0.05) is 32.9 Å². The summed E-state index contributed by atoms with van der Waals surface area (Å²) < 4.78 is 57.2. The summed E-state index contributed by atoms with van der Waals surface area (Å²) in [5.41, 5.74) is -1.82. The fourth-order valence-electron chi connectivity index (χ4n) is 2.42. The maximum Gasteiger partial charge on any atom is 0.417 e. The first-order chi connectivity index (χ1) is 9.38. The van der Waals surface area contributed by atoms with E-state index >= 15 is 0 Å². The molecule has 3 nitrogen and oxygen atoms in total. The van der Waals surface area contributed by atoms with Gasteiger partial charge in [-0.1, -0.05) is 0 Å². The Bertz CT molecular complexity index is 456. The number of likely N-dealkylation sites (tertiary alicyclic amines) is 1. The highest BCUT2D eigenvalue weighted by molar-refractivity contribution is 5.07. The molecule has 1 aromatic heterocycles. The number of rotatable bonds is 3. The lowest BCUT2D eigenvalue weighted by Gasteiger charge is -2.41. The minimum atomic E-state index is -4.38. The molecule has 1 aliphatic heterocycles. The molecule has 1 aliphatic rings. The molecule has 1 saturated heterocycles. The lowest BCUT2D eigenvalue weighted by Crippen LogP contribution is -2.54. The zero-order valence-corrected chi connectivity index (χ0v) is 11.1. The molecule has 7 heteroatoms. The number of pyridine rings is 1. The van der Waals surface area contributed by atoms with E-state index < -0.39 is 17.6 Å². The van der Waals surface area contributed by atoms with Gasteiger partial charge >= 0.3 is 6.18 Å². The van der Waals surface area contributed by atoms with Gasteiger partial charge in [0.05, 0.1) is 5.69 Å². The van der Waals surface area contributed by atoms with Crippen LogP contribution in [0.4, 0.5) is 17.6 Å². The third-order valence-electron chi connectivity index (χ3n) is 3.78. The second-order valence-corrected chi connectivity index (χ2v) is 4.90. The summed E-state index contributed by atoms with van der Waals surface area (Å²) in [6, 6.07) is 2.77. The molecular weight excluding hydrogens is 276 g/mol. The van der Waals surface area contributed by atoms with Crippen LogP contribution >= 0.6 is 0 Å². The van der Waals surface area contributed by atoms with Crippen LogP contribution in [0.3, 0.4) is 0 Å². The van der Waals surface area contributed by atoms with Crippen molar-refractivity contribution < 1.29 is 22.3 Å². The van der Waals surface area contributed by atoms with Gasteiger partial charge < -0.3 is 4.74 Å². The van der Waals surface area contributed by atoms with Crippen LogP contribution in [0.2, 0.25) is 0 Å². The minimum absolute atomic E-state index is 0.151. The van der Waals surface area contributed by atoms with Crippen molar-refractivity contribution in [3.8, 4) is 0 Å². The second kappa shape index (κ2) is 5.65. The average Bonchev–Trinajstić information content (AvgIpc) is 2.41. The predicted octanol–water partition coefficient (Wildman–Crippen LogP) is 2.76. The molecule has 0 aromatic carbocycles. The topological polar surface area (TPSA) is 25.4 Å². The fourth-order valence-corrected chi connectivity index (χ4v) is 2.42. The van der Waals surface area contributed by atoms with E-state index in [1.807, 2.05) is 0 Å². The van der Waals surface area contributed by atoms with Crippen molar-refractivity contribution in [3.05, 3.63) is 29.8 Å². The Balaban J connectivity index is 2.00. The van der Waals surface area contributed by atoms with Crippen molar-refractivity contribution in [1.82, 2.24) is 9.88 Å². The Morgan fingerprint density at radius 3 is 2.50 bits per heavy atom. The predicted molar refractivity (Wildman–Crippen MR) is 64.5 cm³/mol. The molecule has 0 atom stereocenters. The highest BCUT2D eigenvalue weighted by Gasteiger charge is 2.56. The van der Waals surface area contributed by atoms with Crippen molar-refractivity contribution >= 4 is 0 Å². The van der Waals surface area contributed by atoms with Gasteiger partial charge in [0.25, 0.3) is 0 Å². The minimum Gasteiger partial charge on any atom is -0.369 e. The number of hydrogen-bond acceptors (Lipinski definition) is 3. The molecule has 2 heterocycles. The molecule has 0 radical (unpaired) electrons. The first-order valence-electron chi connectivity index (χ1n) is 6.31. The summed E-state index contributed by atoms with van der Waals surface area (Å²) >= 11 is 0. The van der Waals surface area contributed by atoms with E-state index in [0.29, 0.717) is 0 Å². The summed E-state index contributed by atoms with van der Waals surface area (Å²) in [7, 11) is 1.08. The van der Waals surface area contributed by atoms with Crippen molar-refractivity contribution in [2.45, 2.75) is 31.2 Å². The number of alkyl halides is 3. The number of halogens is 4. The van der Waals surface area contributed by atoms with Crippen LogP contribution in [0, 0.1) is 5.82 Å². The molecule has 0 bridgehead atoms. The molecule has 20 heavy (non-hydrogen) atoms. The van der Waals surface area contributed by atoms with E-state index in [1.54, 1.807) is 4.90 Å². The standard InChI is InChI=1S/C13H16F4N2O/c1-20-12(13(15,16)17)4-7-19(8-5-12)9-11-10(14)3-2-6-18-11/h2-3,6H,4-5,7-9H2,1H3. The van der Waals surface area contributed by atoms with Crippen LogP contribution in [-0.2, 0) is 11.3 Å². The summed E-state index contributed by atoms with van der Waals surface area (Å²) in [4.78, 5) is 5.67. The van der Waals surface area contributed by atoms with E-state index in [9.17, 15) is 17.6 Å². The largest absolute Gasteiger partial charge is 0.417 e. The maximum absolute atomic E-state index is 13.5. The normalized spacial score (nSPS) is 20.1. The summed E-state index contributed by atoms with van der Waals surface area (Å²) in [5, 5.41) is 0. The van der Waals surface area contributed by atoms with E-state index in [-0.39, 0.29) is 38.2 Å². The highest BCUT2D eigenvalue weighted by atomic mass is 19.4. The van der Waals surface area contributed by atoms with Gasteiger partial charge in [-0.05, 0) is 25.0 Å². The Kier molecular flexibility index (Phi) is 4.29. The van der Waals surface area contributed by atoms with Crippen LogP contribution < -0.4 is 0 Å². The van der Waals surface area contributed by atoms with Gasteiger partial charge in [-0.2, -0.15) is 13.2 Å². The SMILES string of the molecule is COC1(C(F)(F)F)CCN(Cc2ncccc2F)CC1. The van der Waals surface area contributed by atoms with Gasteiger partial charge in [0.15, 0.2) is 5.60 Å². The maximum atomic E-state index is 13.5. The molecule has 0 spiro atoms. The van der Waals surface area contributed by atoms with E-state index in [2.05, 4.69) is 4.98 Å². The molecule has 0 unspecified atom stereocenters. The van der Waals surface area contributed by atoms with E-state index in [1.165, 1.54) is 18.3 Å². The van der Waals surface area contributed by atoms with Crippen molar-refractivity contribution in [2.75, 3.05) is 20.2 Å². The van der Waals surface area contributed by atoms with Crippen molar-refractivity contribution in [1.29, 1.82) is 0 Å². The Morgan fingerprint density at radius 2 is 2.00 bits per heavy atom. The van der Waals surface area contributed by atoms with Gasteiger partial charge in [-0.3, -0.25) is 9.88 Å². The summed E-state index contributed by atoms with van der Waals surface area (Å²) in [6.07, 6.45) is -3.22. The number of nitrogens with zero attached hydrogens (tertiary/aromatic N) is 2. The van der Waals surface area contributed by atoms with Gasteiger partial charge in [-0.15, -0.1) is 0 Å². The summed E-state index contributed by atoms with van der Waals surface area (Å²) in [5.74, 6) is -0.438. The molecule has 1 aromatic rings. The quantitative estimate of drug-likeness (QED) is 0.801. The van der Waals surface area contributed by atoms with E-state index in [4.69, 9.17) is 4.74 Å². The molecule has 112 valence electrons. The summed E-state index contributed by atoms with van der Waals surface area (Å²) in [6.45, 7) is 0.608. The lowest BCUT2D eigenvalue weighted by atomic mass is 9.90. The van der Waals surface area contributed by atoms with Gasteiger partial charge in [0.1, 0.15) is 5.82 Å². The number of ether oxygens (including phenoxy) is 1. The molecule has 0 aliphatic carbocycles. The average molecular weight is 292 g/mol. The van der Waals surface area contributed by atoms with E-state index in [0.717, 1.165) is 7.11 Å². The lowest BCUT2D eigenvalue weighted by molar-refractivity contribution is -0.282. The third-order valence-corrected chi connectivity index (χ3v) is 3.78. The smallest absolute Gasteiger partial charge is 0.369 e. The van der Waals surface area contributed by atoms with Gasteiger partial charge in [-0.25, -0.2) is 4.39 Å².